The van der Waals surface area contributed by atoms with Crippen LogP contribution in [0, 0.1) is 5.92 Å². The van der Waals surface area contributed by atoms with Crippen molar-refractivity contribution in [3.63, 3.8) is 0 Å². The number of carbonyl (C=O) groups excluding carboxylic acids is 8. The first kappa shape index (κ1) is 47.9. The number of guanidine groups is 1. The van der Waals surface area contributed by atoms with Gasteiger partial charge in [0.1, 0.15) is 29.9 Å². The van der Waals surface area contributed by atoms with E-state index in [9.17, 15) is 43.5 Å². The van der Waals surface area contributed by atoms with Gasteiger partial charge in [-0.1, -0.05) is 68.8 Å². The highest BCUT2D eigenvalue weighted by Crippen LogP contribution is 2.20. The zero-order valence-corrected chi connectivity index (χ0v) is 35.2. The molecule has 7 amide bonds. The molecule has 0 saturated carbocycles. The third-order valence-corrected chi connectivity index (χ3v) is 10.7. The monoisotopic (exact) mass is 858 g/mol. The molecule has 2 aliphatic heterocycles. The summed E-state index contributed by atoms with van der Waals surface area (Å²) in [5.41, 5.74) is 12.3. The number of phenols is 1. The summed E-state index contributed by atoms with van der Waals surface area (Å²) in [6.07, 6.45) is 3.78. The Bertz CT molecular complexity index is 1990. The van der Waals surface area contributed by atoms with Gasteiger partial charge >= 0.3 is 0 Å². The van der Waals surface area contributed by atoms with Crippen molar-refractivity contribution < 1.29 is 43.5 Å². The van der Waals surface area contributed by atoms with Gasteiger partial charge in [0.2, 0.25) is 41.2 Å². The number of hydrogen-bond donors (Lipinski definition) is 9. The molecule has 0 spiro atoms. The van der Waals surface area contributed by atoms with Crippen LogP contribution in [-0.4, -0.2) is 119 Å². The second-order valence-corrected chi connectivity index (χ2v) is 15.5. The highest BCUT2D eigenvalue weighted by Gasteiger charge is 2.40. The van der Waals surface area contributed by atoms with Gasteiger partial charge in [-0.2, -0.15) is 0 Å². The van der Waals surface area contributed by atoms with Crippen molar-refractivity contribution in [2.45, 2.75) is 102 Å². The van der Waals surface area contributed by atoms with Gasteiger partial charge in [0.15, 0.2) is 5.96 Å². The van der Waals surface area contributed by atoms with E-state index in [2.05, 4.69) is 36.9 Å². The number of aliphatic imine (C=N–C) groups is 1. The van der Waals surface area contributed by atoms with Gasteiger partial charge in [-0.15, -0.1) is 0 Å². The third kappa shape index (κ3) is 14.4. The lowest BCUT2D eigenvalue weighted by molar-refractivity contribution is -0.144. The Morgan fingerprint density at radius 1 is 0.935 bits per heavy atom. The predicted octanol–water partition coefficient (Wildman–Crippen LogP) is -1.03. The van der Waals surface area contributed by atoms with Crippen molar-refractivity contribution in [2.24, 2.45) is 22.4 Å². The Labute approximate surface area is 360 Å². The third-order valence-electron chi connectivity index (χ3n) is 10.7. The van der Waals surface area contributed by atoms with Crippen molar-refractivity contribution in [3.05, 3.63) is 77.9 Å². The average molecular weight is 859 g/mol. The minimum atomic E-state index is -1.42. The Kier molecular flexibility index (Phi) is 18.0. The quantitative estimate of drug-likeness (QED) is 0.0508. The summed E-state index contributed by atoms with van der Waals surface area (Å²) in [7, 11) is 0. The zero-order valence-electron chi connectivity index (χ0n) is 35.2. The molecule has 2 aromatic carbocycles. The molecule has 11 N–H and O–H groups in total. The molecule has 1 fully saturated rings. The number of nitrogens with two attached hydrogens (primary N) is 2. The number of hydrogen-bond acceptors (Lipinski definition) is 10. The van der Waals surface area contributed by atoms with E-state index in [1.54, 1.807) is 56.3 Å². The lowest BCUT2D eigenvalue weighted by atomic mass is 9.96. The number of nitrogens with zero attached hydrogens (tertiary/aromatic N) is 2. The number of benzene rings is 2. The summed E-state index contributed by atoms with van der Waals surface area (Å²) < 4.78 is 0. The first-order valence-electron chi connectivity index (χ1n) is 20.7. The minimum Gasteiger partial charge on any atom is -0.508 e. The highest BCUT2D eigenvalue weighted by atomic mass is 16.3. The molecular weight excluding hydrogens is 801 g/mol. The van der Waals surface area contributed by atoms with Crippen LogP contribution in [0.4, 0.5) is 0 Å². The fraction of sp³-hybridized carbons (Fsp3) is 0.465. The highest BCUT2D eigenvalue weighted by molar-refractivity contribution is 6.38. The minimum absolute atomic E-state index is 0.000294. The molecule has 19 heteroatoms. The van der Waals surface area contributed by atoms with Crippen LogP contribution in [0.5, 0.6) is 5.75 Å². The molecule has 0 aliphatic carbocycles. The first-order valence-corrected chi connectivity index (χ1v) is 20.7. The molecule has 7 atom stereocenters. The Hall–Kier alpha value is -6.79. The number of carbonyl (C=O) groups is 8. The topological polar surface area (TPSA) is 297 Å². The molecule has 62 heavy (non-hydrogen) atoms. The number of fused-ring (bicyclic) bond motifs is 1. The Morgan fingerprint density at radius 3 is 2.32 bits per heavy atom. The molecular formula is C43H58N10O9. The van der Waals surface area contributed by atoms with Crippen LogP contribution in [-0.2, 0) is 51.2 Å². The van der Waals surface area contributed by atoms with E-state index in [0.717, 1.165) is 11.6 Å². The maximum atomic E-state index is 14.3. The summed E-state index contributed by atoms with van der Waals surface area (Å²) in [6, 6.07) is 7.95. The normalized spacial score (nSPS) is 23.1. The van der Waals surface area contributed by atoms with Crippen LogP contribution >= 0.6 is 0 Å². The van der Waals surface area contributed by atoms with Crippen molar-refractivity contribution in [2.75, 3.05) is 19.6 Å². The van der Waals surface area contributed by atoms with Crippen LogP contribution in [0.2, 0.25) is 0 Å². The summed E-state index contributed by atoms with van der Waals surface area (Å²) in [5, 5.41) is 25.7. The molecule has 0 radical (unpaired) electrons. The van der Waals surface area contributed by atoms with E-state index in [4.69, 9.17) is 11.5 Å². The molecule has 2 aromatic rings. The largest absolute Gasteiger partial charge is 0.508 e. The SMILES string of the molecule is CC[C@@H](C)[C@H]1NC(=O)C(=O)C(CCCN=C(N)N)NC(=O)[C@@H]2CCCN2C(=O)[C@@H](NC(=O)[C@H](C)NC(=O)Cc2ccccc2)CNC(=O)/C=C/[C@H](Cc2ccc(O)cc2)NC1=O. The molecule has 1 unspecified atom stereocenters. The number of rotatable bonds is 13. The van der Waals surface area contributed by atoms with Gasteiger partial charge < -0.3 is 53.4 Å². The number of nitrogens with one attached hydrogen (secondary N) is 6. The fourth-order valence-corrected chi connectivity index (χ4v) is 7.04. The average Bonchev–Trinajstić information content (AvgIpc) is 3.74. The zero-order chi connectivity index (χ0) is 45.3. The second-order valence-electron chi connectivity index (χ2n) is 15.5. The van der Waals surface area contributed by atoms with E-state index in [1.165, 1.54) is 30.0 Å². The lowest BCUT2D eigenvalue weighted by Gasteiger charge is -2.30. The molecule has 2 heterocycles. The van der Waals surface area contributed by atoms with Crippen molar-refractivity contribution in [1.82, 2.24) is 36.8 Å². The van der Waals surface area contributed by atoms with E-state index in [0.29, 0.717) is 18.4 Å². The van der Waals surface area contributed by atoms with Crippen molar-refractivity contribution in [3.8, 4) is 5.75 Å². The standard InChI is InChI=1S/C43H58N10O9/c1-4-25(2)36-40(60)49-29(22-28-14-17-30(54)18-15-28)16-19-34(55)47-24-32(51-38(58)26(3)48-35(56)23-27-10-6-5-7-11-27)42(62)53-21-9-13-33(53)39(59)50-31(37(57)41(61)52-36)12-8-20-46-43(44)45/h5-7,10-11,14-19,25-26,29,31-33,36,54H,4,8-9,12-13,20-24H2,1-3H3,(H,47,55)(H,48,56)(H,49,60)(H,50,59)(H,51,58)(H,52,61)(H4,44,45,46)/b19-16+/t25-,26+,29-,31?,32+,33+,36-/m1/s1. The smallest absolute Gasteiger partial charge is 0.290 e. The van der Waals surface area contributed by atoms with Crippen LogP contribution in [0.3, 0.4) is 0 Å². The molecule has 0 bridgehead atoms. The summed E-state index contributed by atoms with van der Waals surface area (Å²) in [4.78, 5) is 115. The predicted molar refractivity (Wildman–Crippen MR) is 229 cm³/mol. The van der Waals surface area contributed by atoms with E-state index >= 15 is 0 Å². The molecule has 19 nitrogen and oxygen atoms in total. The second kappa shape index (κ2) is 23.3. The van der Waals surface area contributed by atoms with Crippen LogP contribution in [0.1, 0.15) is 64.0 Å². The van der Waals surface area contributed by atoms with Gasteiger partial charge in [0.05, 0.1) is 18.5 Å². The number of ketones is 1. The molecule has 0 aromatic heterocycles. The maximum Gasteiger partial charge on any atom is 0.290 e. The lowest BCUT2D eigenvalue weighted by Crippen LogP contribution is -2.60. The van der Waals surface area contributed by atoms with Gasteiger partial charge in [0.25, 0.3) is 5.91 Å². The van der Waals surface area contributed by atoms with Gasteiger partial charge in [-0.25, -0.2) is 0 Å². The molecule has 334 valence electrons. The number of aromatic hydroxyl groups is 1. The van der Waals surface area contributed by atoms with Crippen molar-refractivity contribution >= 4 is 53.1 Å². The first-order chi connectivity index (χ1) is 29.6. The number of phenolic OH excluding ortho intramolecular Hbond substituents is 1. The molecule has 1 saturated heterocycles. The van der Waals surface area contributed by atoms with Crippen LogP contribution in [0.25, 0.3) is 0 Å². The Balaban J connectivity index is 1.68. The van der Waals surface area contributed by atoms with Crippen LogP contribution in [0.15, 0.2) is 71.7 Å². The molecule has 2 aliphatic rings. The fourth-order valence-electron chi connectivity index (χ4n) is 7.04. The summed E-state index contributed by atoms with van der Waals surface area (Å²) >= 11 is 0. The molecule has 4 rings (SSSR count). The van der Waals surface area contributed by atoms with Crippen molar-refractivity contribution in [1.29, 1.82) is 0 Å². The van der Waals surface area contributed by atoms with E-state index < -0.39 is 95.8 Å². The van der Waals surface area contributed by atoms with Gasteiger partial charge in [0, 0.05) is 25.7 Å². The summed E-state index contributed by atoms with van der Waals surface area (Å²) in [6.45, 7) is 4.69. The maximum absolute atomic E-state index is 14.3. The van der Waals surface area contributed by atoms with E-state index in [-0.39, 0.29) is 56.9 Å². The Morgan fingerprint density at radius 2 is 1.65 bits per heavy atom. The summed E-state index contributed by atoms with van der Waals surface area (Å²) in [5.74, 6) is -6.81. The van der Waals surface area contributed by atoms with Gasteiger partial charge in [-0.3, -0.25) is 43.3 Å². The van der Waals surface area contributed by atoms with Gasteiger partial charge in [-0.05, 0) is 68.2 Å². The number of amides is 7. The van der Waals surface area contributed by atoms with E-state index in [1.807, 2.05) is 0 Å². The number of Topliss-reactive ketones (excluding diaryl/α,β-unsaturated/α-hetero) is 1. The van der Waals surface area contributed by atoms with Crippen LogP contribution < -0.4 is 43.4 Å².